The van der Waals surface area contributed by atoms with Crippen LogP contribution in [0.3, 0.4) is 0 Å². The molecule has 0 aromatic rings. The number of nitrogens with zero attached hydrogens (tertiary/aromatic N) is 1. The van der Waals surface area contributed by atoms with E-state index in [1.54, 1.807) is 4.90 Å². The van der Waals surface area contributed by atoms with Crippen LogP contribution >= 0.6 is 0 Å². The van der Waals surface area contributed by atoms with E-state index in [9.17, 15) is 9.59 Å². The van der Waals surface area contributed by atoms with E-state index in [2.05, 4.69) is 26.1 Å². The molecular formula is C15H26N2O2. The minimum Gasteiger partial charge on any atom is -0.343 e. The average molecular weight is 266 g/mol. The molecular weight excluding hydrogens is 240 g/mol. The number of piperazine rings is 1. The summed E-state index contributed by atoms with van der Waals surface area (Å²) in [6.45, 7) is 7.37. The number of carbonyl (C=O) groups is 2. The van der Waals surface area contributed by atoms with Crippen molar-refractivity contribution in [3.05, 3.63) is 0 Å². The highest BCUT2D eigenvalue weighted by Gasteiger charge is 2.41. The van der Waals surface area contributed by atoms with Gasteiger partial charge in [-0.05, 0) is 37.0 Å². The van der Waals surface area contributed by atoms with Crippen LogP contribution in [0.2, 0.25) is 0 Å². The van der Waals surface area contributed by atoms with Gasteiger partial charge >= 0.3 is 0 Å². The lowest BCUT2D eigenvalue weighted by Crippen LogP contribution is -2.60. The van der Waals surface area contributed by atoms with Crippen LogP contribution in [0.4, 0.5) is 0 Å². The normalized spacial score (nSPS) is 26.3. The molecule has 0 bridgehead atoms. The third-order valence-corrected chi connectivity index (χ3v) is 4.68. The van der Waals surface area contributed by atoms with Crippen molar-refractivity contribution < 1.29 is 9.59 Å². The first-order chi connectivity index (χ1) is 8.96. The predicted molar refractivity (Wildman–Crippen MR) is 74.5 cm³/mol. The molecule has 1 aliphatic heterocycles. The Labute approximate surface area is 115 Å². The first-order valence-electron chi connectivity index (χ1n) is 7.54. The topological polar surface area (TPSA) is 49.4 Å². The predicted octanol–water partition coefficient (Wildman–Crippen LogP) is 1.94. The molecule has 108 valence electrons. The Kier molecular flexibility index (Phi) is 4.16. The summed E-state index contributed by atoms with van der Waals surface area (Å²) >= 11 is 0. The van der Waals surface area contributed by atoms with Gasteiger partial charge in [0.2, 0.25) is 11.8 Å². The van der Waals surface area contributed by atoms with Crippen LogP contribution in [-0.2, 0) is 9.59 Å². The van der Waals surface area contributed by atoms with E-state index in [0.717, 1.165) is 19.4 Å². The second kappa shape index (κ2) is 5.51. The fourth-order valence-corrected chi connectivity index (χ4v) is 3.24. The maximum atomic E-state index is 12.5. The second-order valence-electron chi connectivity index (χ2n) is 6.65. The quantitative estimate of drug-likeness (QED) is 0.826. The van der Waals surface area contributed by atoms with Crippen LogP contribution in [-0.4, -0.2) is 35.8 Å². The highest BCUT2D eigenvalue weighted by molar-refractivity contribution is 5.94. The first-order valence-corrected chi connectivity index (χ1v) is 7.54. The van der Waals surface area contributed by atoms with E-state index >= 15 is 0 Å². The molecule has 1 unspecified atom stereocenters. The summed E-state index contributed by atoms with van der Waals surface area (Å²) in [5, 5.41) is 2.84. The summed E-state index contributed by atoms with van der Waals surface area (Å²) in [6.07, 6.45) is 5.50. The monoisotopic (exact) mass is 266 g/mol. The summed E-state index contributed by atoms with van der Waals surface area (Å²) in [4.78, 5) is 26.0. The molecule has 2 rings (SSSR count). The van der Waals surface area contributed by atoms with Gasteiger partial charge in [-0.1, -0.05) is 27.2 Å². The van der Waals surface area contributed by atoms with Gasteiger partial charge in [0, 0.05) is 6.54 Å². The van der Waals surface area contributed by atoms with Gasteiger partial charge in [-0.3, -0.25) is 9.59 Å². The van der Waals surface area contributed by atoms with E-state index in [0.29, 0.717) is 5.92 Å². The summed E-state index contributed by atoms with van der Waals surface area (Å²) in [5.41, 5.74) is 0.287. The van der Waals surface area contributed by atoms with Crippen molar-refractivity contribution in [1.82, 2.24) is 10.2 Å². The van der Waals surface area contributed by atoms with Gasteiger partial charge < -0.3 is 10.2 Å². The van der Waals surface area contributed by atoms with Gasteiger partial charge in [0.25, 0.3) is 0 Å². The molecule has 4 heteroatoms. The number of hydrogen-bond donors (Lipinski definition) is 1. The molecule has 1 heterocycles. The van der Waals surface area contributed by atoms with Crippen molar-refractivity contribution in [2.45, 2.75) is 58.9 Å². The Morgan fingerprint density at radius 3 is 2.53 bits per heavy atom. The maximum Gasteiger partial charge on any atom is 0.245 e. The zero-order valence-electron chi connectivity index (χ0n) is 12.4. The van der Waals surface area contributed by atoms with E-state index in [1.165, 1.54) is 19.3 Å². The highest BCUT2D eigenvalue weighted by atomic mass is 16.2. The third kappa shape index (κ3) is 3.10. The van der Waals surface area contributed by atoms with Crippen LogP contribution in [0, 0.1) is 11.3 Å². The summed E-state index contributed by atoms with van der Waals surface area (Å²) in [6, 6.07) is -0.310. The molecule has 0 aromatic carbocycles. The Morgan fingerprint density at radius 1 is 1.37 bits per heavy atom. The van der Waals surface area contributed by atoms with E-state index in [1.807, 2.05) is 0 Å². The molecule has 2 fully saturated rings. The molecule has 0 spiro atoms. The van der Waals surface area contributed by atoms with Crippen molar-refractivity contribution in [2.75, 3.05) is 13.1 Å². The average Bonchev–Trinajstić information content (AvgIpc) is 2.28. The number of carbonyl (C=O) groups excluding carboxylic acids is 2. The maximum absolute atomic E-state index is 12.5. The SMILES string of the molecule is CCC1(CN2CC(=O)NC(CC(C)C)C2=O)CCC1. The van der Waals surface area contributed by atoms with Crippen molar-refractivity contribution >= 4 is 11.8 Å². The van der Waals surface area contributed by atoms with Gasteiger partial charge in [-0.15, -0.1) is 0 Å². The molecule has 1 N–H and O–H groups in total. The van der Waals surface area contributed by atoms with Gasteiger partial charge in [-0.2, -0.15) is 0 Å². The Hall–Kier alpha value is -1.06. The summed E-state index contributed by atoms with van der Waals surface area (Å²) < 4.78 is 0. The van der Waals surface area contributed by atoms with Crippen LogP contribution in [0.25, 0.3) is 0 Å². The lowest BCUT2D eigenvalue weighted by atomic mass is 9.66. The minimum atomic E-state index is -0.310. The molecule has 4 nitrogen and oxygen atoms in total. The summed E-state index contributed by atoms with van der Waals surface area (Å²) in [5.74, 6) is 0.530. The highest BCUT2D eigenvalue weighted by Crippen LogP contribution is 2.44. The molecule has 1 atom stereocenters. The number of hydrogen-bond acceptors (Lipinski definition) is 2. The van der Waals surface area contributed by atoms with E-state index < -0.39 is 0 Å². The van der Waals surface area contributed by atoms with Gasteiger partial charge in [-0.25, -0.2) is 0 Å². The minimum absolute atomic E-state index is 0.00386. The van der Waals surface area contributed by atoms with Crippen molar-refractivity contribution in [2.24, 2.45) is 11.3 Å². The van der Waals surface area contributed by atoms with Crippen molar-refractivity contribution in [3.63, 3.8) is 0 Å². The van der Waals surface area contributed by atoms with E-state index in [4.69, 9.17) is 0 Å². The second-order valence-corrected chi connectivity index (χ2v) is 6.65. The molecule has 1 saturated heterocycles. The molecule has 2 aliphatic rings. The Balaban J connectivity index is 2.02. The standard InChI is InChI=1S/C15H26N2O2/c1-4-15(6-5-7-15)10-17-9-13(18)16-12(14(17)19)8-11(2)3/h11-12H,4-10H2,1-3H3,(H,16,18). The number of nitrogens with one attached hydrogen (secondary N) is 1. The molecule has 2 amide bonds. The van der Waals surface area contributed by atoms with Crippen LogP contribution in [0.1, 0.15) is 52.9 Å². The Morgan fingerprint density at radius 2 is 2.05 bits per heavy atom. The largest absolute Gasteiger partial charge is 0.343 e. The molecule has 1 saturated carbocycles. The number of rotatable bonds is 5. The summed E-state index contributed by atoms with van der Waals surface area (Å²) in [7, 11) is 0. The fourth-order valence-electron chi connectivity index (χ4n) is 3.24. The zero-order valence-corrected chi connectivity index (χ0v) is 12.4. The van der Waals surface area contributed by atoms with Gasteiger partial charge in [0.1, 0.15) is 6.04 Å². The first kappa shape index (κ1) is 14.4. The van der Waals surface area contributed by atoms with Crippen molar-refractivity contribution in [3.8, 4) is 0 Å². The van der Waals surface area contributed by atoms with Crippen LogP contribution in [0.15, 0.2) is 0 Å². The van der Waals surface area contributed by atoms with Gasteiger partial charge in [0.05, 0.1) is 6.54 Å². The zero-order chi connectivity index (χ0) is 14.0. The lowest BCUT2D eigenvalue weighted by Gasteiger charge is -2.46. The third-order valence-electron chi connectivity index (χ3n) is 4.68. The lowest BCUT2D eigenvalue weighted by molar-refractivity contribution is -0.147. The smallest absolute Gasteiger partial charge is 0.245 e. The Bertz CT molecular complexity index is 356. The van der Waals surface area contributed by atoms with Crippen LogP contribution in [0.5, 0.6) is 0 Å². The van der Waals surface area contributed by atoms with E-state index in [-0.39, 0.29) is 29.8 Å². The van der Waals surface area contributed by atoms with Crippen LogP contribution < -0.4 is 5.32 Å². The molecule has 0 aromatic heterocycles. The van der Waals surface area contributed by atoms with Gasteiger partial charge in [0.15, 0.2) is 0 Å². The molecule has 19 heavy (non-hydrogen) atoms. The molecule has 1 aliphatic carbocycles. The fraction of sp³-hybridized carbons (Fsp3) is 0.867. The molecule has 0 radical (unpaired) electrons. The van der Waals surface area contributed by atoms with Crippen molar-refractivity contribution in [1.29, 1.82) is 0 Å². The number of amides is 2.